The number of aromatic nitrogens is 2. The van der Waals surface area contributed by atoms with E-state index < -0.39 is 24.4 Å². The van der Waals surface area contributed by atoms with Crippen molar-refractivity contribution >= 4 is 33.7 Å². The van der Waals surface area contributed by atoms with Gasteiger partial charge in [0.2, 0.25) is 0 Å². The van der Waals surface area contributed by atoms with Gasteiger partial charge in [-0.2, -0.15) is 0 Å². The summed E-state index contributed by atoms with van der Waals surface area (Å²) in [6.07, 6.45) is 8.46. The monoisotopic (exact) mass is 516 g/mol. The van der Waals surface area contributed by atoms with Gasteiger partial charge in [-0.25, -0.2) is 9.59 Å². The van der Waals surface area contributed by atoms with Crippen molar-refractivity contribution in [3.8, 4) is 0 Å². The molecule has 2 heterocycles. The van der Waals surface area contributed by atoms with Crippen molar-refractivity contribution in [2.75, 3.05) is 0 Å². The van der Waals surface area contributed by atoms with Crippen molar-refractivity contribution in [2.24, 2.45) is 11.5 Å². The molecule has 0 fully saturated rings. The number of hydrogen-bond acceptors (Lipinski definition) is 6. The summed E-state index contributed by atoms with van der Waals surface area (Å²) in [7, 11) is 0. The second kappa shape index (κ2) is 12.6. The summed E-state index contributed by atoms with van der Waals surface area (Å²) in [4.78, 5) is 30.9. The maximum Gasteiger partial charge on any atom is 0.332 e. The van der Waals surface area contributed by atoms with Crippen LogP contribution >= 0.6 is 0 Å². The molecule has 2 unspecified atom stereocenters. The lowest BCUT2D eigenvalue weighted by Gasteiger charge is -2.12. The molecule has 2 aromatic heterocycles. The molecule has 0 radical (unpaired) electrons. The Morgan fingerprint density at radius 2 is 1.16 bits per heavy atom. The van der Waals surface area contributed by atoms with E-state index in [1.54, 1.807) is 0 Å². The van der Waals surface area contributed by atoms with Crippen LogP contribution in [0.1, 0.15) is 48.9 Å². The van der Waals surface area contributed by atoms with Crippen LogP contribution < -0.4 is 11.5 Å². The van der Waals surface area contributed by atoms with E-state index in [0.29, 0.717) is 25.7 Å². The molecule has 6 N–H and O–H groups in total. The Balaban J connectivity index is 1.20. The summed E-state index contributed by atoms with van der Waals surface area (Å²) >= 11 is 0. The molecule has 0 aliphatic heterocycles. The third-order valence-electron chi connectivity index (χ3n) is 6.82. The van der Waals surface area contributed by atoms with Gasteiger partial charge in [0.25, 0.3) is 0 Å². The summed E-state index contributed by atoms with van der Waals surface area (Å²) in [6.45, 7) is 4.24. The van der Waals surface area contributed by atoms with E-state index >= 15 is 0 Å². The van der Waals surface area contributed by atoms with E-state index in [0.717, 1.165) is 57.9 Å². The third kappa shape index (κ3) is 6.51. The molecule has 2 aromatic carbocycles. The van der Waals surface area contributed by atoms with Gasteiger partial charge in [0, 0.05) is 59.2 Å². The summed E-state index contributed by atoms with van der Waals surface area (Å²) in [6, 6.07) is 12.4. The van der Waals surface area contributed by atoms with Crippen LogP contribution in [0.25, 0.3) is 21.8 Å². The molecule has 0 amide bonds. The molecule has 38 heavy (non-hydrogen) atoms. The highest BCUT2D eigenvalue weighted by Gasteiger charge is 2.14. The Kier molecular flexibility index (Phi) is 8.99. The van der Waals surface area contributed by atoms with Gasteiger partial charge in [0.05, 0.1) is 0 Å². The molecule has 0 aliphatic carbocycles. The number of esters is 2. The molecular weight excluding hydrogens is 480 g/mol. The van der Waals surface area contributed by atoms with E-state index in [2.05, 4.69) is 48.1 Å². The van der Waals surface area contributed by atoms with E-state index in [1.807, 2.05) is 24.5 Å². The fraction of sp³-hybridized carbons (Fsp3) is 0.333. The Morgan fingerprint density at radius 1 is 0.737 bits per heavy atom. The molecule has 0 spiro atoms. The zero-order chi connectivity index (χ0) is 27.1. The Bertz CT molecular complexity index is 1330. The first-order chi connectivity index (χ1) is 18.4. The summed E-state index contributed by atoms with van der Waals surface area (Å²) in [5.74, 6) is -1.42. The number of nitrogens with two attached hydrogens (primary N) is 2. The average Bonchev–Trinajstić information content (AvgIpc) is 3.53. The number of fused-ring (bicyclic) bond motifs is 2. The Labute approximate surface area is 222 Å². The summed E-state index contributed by atoms with van der Waals surface area (Å²) in [5.41, 5.74) is 19.0. The number of carbonyl (C=O) groups is 2. The van der Waals surface area contributed by atoms with Crippen molar-refractivity contribution < 1.29 is 19.1 Å². The molecular formula is C30H36N4O4. The van der Waals surface area contributed by atoms with Crippen molar-refractivity contribution in [2.45, 2.75) is 64.8 Å². The highest BCUT2D eigenvalue weighted by molar-refractivity contribution is 5.92. The number of aryl methyl sites for hydroxylation is 4. The van der Waals surface area contributed by atoms with Gasteiger partial charge in [0.15, 0.2) is 12.5 Å². The number of ether oxygens (including phenoxy) is 2. The molecule has 0 saturated heterocycles. The van der Waals surface area contributed by atoms with E-state index in [4.69, 9.17) is 20.9 Å². The minimum atomic E-state index is -0.797. The van der Waals surface area contributed by atoms with E-state index in [9.17, 15) is 9.59 Å². The van der Waals surface area contributed by atoms with Gasteiger partial charge in [0.1, 0.15) is 0 Å². The molecule has 0 aliphatic rings. The summed E-state index contributed by atoms with van der Waals surface area (Å²) < 4.78 is 10.4. The molecule has 4 rings (SSSR count). The number of H-pyrrole nitrogens is 2. The molecule has 0 saturated carbocycles. The van der Waals surface area contributed by atoms with E-state index in [-0.39, 0.29) is 0 Å². The smallest absolute Gasteiger partial charge is 0.332 e. The Hall–Kier alpha value is -3.88. The molecule has 4 aromatic rings. The minimum absolute atomic E-state index is 0.450. The largest absolute Gasteiger partial charge is 0.444 e. The maximum absolute atomic E-state index is 12.1. The van der Waals surface area contributed by atoms with Crippen LogP contribution in [-0.4, -0.2) is 34.4 Å². The molecule has 8 heteroatoms. The number of carbonyl (C=O) groups excluding carboxylic acids is 2. The second-order valence-electron chi connectivity index (χ2n) is 9.38. The number of rotatable bonds is 12. The minimum Gasteiger partial charge on any atom is -0.444 e. The van der Waals surface area contributed by atoms with E-state index in [1.165, 1.54) is 11.1 Å². The highest BCUT2D eigenvalue weighted by Crippen LogP contribution is 2.24. The quantitative estimate of drug-likeness (QED) is 0.124. The van der Waals surface area contributed by atoms with Crippen molar-refractivity contribution in [1.29, 1.82) is 0 Å². The van der Waals surface area contributed by atoms with Crippen LogP contribution in [-0.2, 0) is 44.7 Å². The van der Waals surface area contributed by atoms with Crippen LogP contribution in [0.2, 0.25) is 0 Å². The third-order valence-corrected chi connectivity index (χ3v) is 6.82. The average molecular weight is 517 g/mol. The summed E-state index contributed by atoms with van der Waals surface area (Å²) in [5, 5.41) is 2.30. The lowest BCUT2D eigenvalue weighted by atomic mass is 10.0. The number of para-hydroxylation sites is 2. The standard InChI is InChI=1S/C30H36N4O4/c1-3-19-7-5-9-23-21(17-33-29(19)23)11-13-25(31)37-27(35)15-16-28(36)38-26(32)14-12-22-18-34-30-20(4-2)8-6-10-24(22)30/h5-10,15-18,25-26,33-34H,3-4,11-14,31-32H2,1-2H3/b16-15+. The molecule has 0 bridgehead atoms. The molecule has 8 nitrogen and oxygen atoms in total. The predicted molar refractivity (Wildman–Crippen MR) is 149 cm³/mol. The van der Waals surface area contributed by atoms with Crippen LogP contribution in [0.3, 0.4) is 0 Å². The fourth-order valence-electron chi connectivity index (χ4n) is 4.78. The van der Waals surface area contributed by atoms with Crippen molar-refractivity contribution in [1.82, 2.24) is 9.97 Å². The highest BCUT2D eigenvalue weighted by atomic mass is 16.6. The van der Waals surface area contributed by atoms with Crippen LogP contribution in [0.4, 0.5) is 0 Å². The van der Waals surface area contributed by atoms with Gasteiger partial charge in [-0.15, -0.1) is 0 Å². The van der Waals surface area contributed by atoms with Gasteiger partial charge in [-0.05, 0) is 47.9 Å². The van der Waals surface area contributed by atoms with Gasteiger partial charge >= 0.3 is 11.9 Å². The Morgan fingerprint density at radius 3 is 1.55 bits per heavy atom. The normalized spacial score (nSPS) is 13.3. The lowest BCUT2D eigenvalue weighted by Crippen LogP contribution is -2.28. The number of aromatic amines is 2. The van der Waals surface area contributed by atoms with Crippen LogP contribution in [0.5, 0.6) is 0 Å². The number of hydrogen-bond donors (Lipinski definition) is 4. The fourth-order valence-corrected chi connectivity index (χ4v) is 4.78. The van der Waals surface area contributed by atoms with Gasteiger partial charge < -0.3 is 19.4 Å². The predicted octanol–water partition coefficient (Wildman–Crippen LogP) is 4.55. The van der Waals surface area contributed by atoms with Crippen LogP contribution in [0, 0.1) is 0 Å². The SMILES string of the molecule is CCc1cccc2c(CCC(N)OC(=O)/C=C/C(=O)OC(N)CCc3c[nH]c4c(CC)cccc34)c[nH]c12. The zero-order valence-corrected chi connectivity index (χ0v) is 22.0. The van der Waals surface area contributed by atoms with Gasteiger partial charge in [-0.1, -0.05) is 50.2 Å². The number of nitrogens with one attached hydrogen (secondary N) is 2. The maximum atomic E-state index is 12.1. The number of benzene rings is 2. The first kappa shape index (κ1) is 27.2. The topological polar surface area (TPSA) is 136 Å². The van der Waals surface area contributed by atoms with Crippen LogP contribution in [0.15, 0.2) is 60.9 Å². The van der Waals surface area contributed by atoms with Crippen molar-refractivity contribution in [3.05, 3.63) is 83.2 Å². The van der Waals surface area contributed by atoms with Gasteiger partial charge in [-0.3, -0.25) is 11.5 Å². The molecule has 200 valence electrons. The lowest BCUT2D eigenvalue weighted by molar-refractivity contribution is -0.145. The second-order valence-corrected chi connectivity index (χ2v) is 9.38. The zero-order valence-electron chi connectivity index (χ0n) is 22.0. The van der Waals surface area contributed by atoms with Crippen molar-refractivity contribution in [3.63, 3.8) is 0 Å². The first-order valence-corrected chi connectivity index (χ1v) is 13.2. The molecule has 2 atom stereocenters. The first-order valence-electron chi connectivity index (χ1n) is 13.2.